The molecule has 0 N–H and O–H groups in total. The van der Waals surface area contributed by atoms with Crippen molar-refractivity contribution in [1.29, 1.82) is 5.26 Å². The van der Waals surface area contributed by atoms with Gasteiger partial charge in [0.15, 0.2) is 0 Å². The molecule has 0 aromatic carbocycles. The van der Waals surface area contributed by atoms with Gasteiger partial charge in [0, 0.05) is 0 Å². The van der Waals surface area contributed by atoms with Crippen molar-refractivity contribution in [2.75, 3.05) is 0 Å². The number of aromatic nitrogens is 2. The first-order valence-corrected chi connectivity index (χ1v) is 2.13. The summed E-state index contributed by atoms with van der Waals surface area (Å²) in [5, 5.41) is 8.27. The van der Waals surface area contributed by atoms with Gasteiger partial charge in [0.2, 0.25) is 0 Å². The molecule has 0 aliphatic rings. The molecule has 1 aromatic heterocycles. The third kappa shape index (κ3) is 2.20. The Labute approximate surface area is 96.1 Å². The van der Waals surface area contributed by atoms with Crippen LogP contribution in [0.4, 0.5) is 0 Å². The topological polar surface area (TPSA) is 41.6 Å². The van der Waals surface area contributed by atoms with E-state index in [0.717, 1.165) is 0 Å². The maximum absolute atomic E-state index is 8.27. The Morgan fingerprint density at radius 3 is 2.78 bits per heavy atom. The van der Waals surface area contributed by atoms with Gasteiger partial charge in [-0.1, -0.05) is 0 Å². The van der Waals surface area contributed by atoms with Crippen molar-refractivity contribution in [2.45, 2.75) is 0 Å². The average molecular weight is 145 g/mol. The number of nitrogens with zero attached hydrogens (tertiary/aromatic N) is 3. The summed E-state index contributed by atoms with van der Waals surface area (Å²) in [7, 11) is 1.75. The number of aryl methyl sites for hydroxylation is 1. The smallest absolute Gasteiger partial charge is 0.399 e. The SMILES string of the molecule is Cn1cn[c-]c1C#N.[K+]. The molecule has 0 spiro atoms. The molecule has 9 heavy (non-hydrogen) atoms. The van der Waals surface area contributed by atoms with Gasteiger partial charge in [-0.25, -0.2) is 0 Å². The fourth-order valence-electron chi connectivity index (χ4n) is 0.417. The van der Waals surface area contributed by atoms with E-state index >= 15 is 0 Å². The molecule has 0 amide bonds. The summed E-state index contributed by atoms with van der Waals surface area (Å²) in [6.07, 6.45) is 4.05. The van der Waals surface area contributed by atoms with Crippen LogP contribution in [0.25, 0.3) is 0 Å². The number of hydrogen-bond donors (Lipinski definition) is 0. The normalized spacial score (nSPS) is 7.56. The first kappa shape index (κ1) is 9.34. The Bertz CT molecular complexity index is 222. The Morgan fingerprint density at radius 2 is 2.56 bits per heavy atom. The van der Waals surface area contributed by atoms with Gasteiger partial charge >= 0.3 is 51.4 Å². The summed E-state index contributed by atoms with van der Waals surface area (Å²) >= 11 is 0. The minimum Gasteiger partial charge on any atom is -0.399 e. The number of rotatable bonds is 0. The molecule has 0 aliphatic heterocycles. The predicted octanol–water partition coefficient (Wildman–Crippen LogP) is -2.90. The van der Waals surface area contributed by atoms with E-state index in [0.29, 0.717) is 5.69 Å². The molecule has 3 nitrogen and oxygen atoms in total. The standard InChI is InChI=1S/C5H4N3.K/c1-8-4-7-3-5(8)2-6;/h4H,1H3;/q-1;+1. The third-order valence-corrected chi connectivity index (χ3v) is 0.860. The van der Waals surface area contributed by atoms with Crippen molar-refractivity contribution in [2.24, 2.45) is 7.05 Å². The largest absolute Gasteiger partial charge is 1.00 e. The van der Waals surface area contributed by atoms with E-state index in [1.807, 2.05) is 6.07 Å². The van der Waals surface area contributed by atoms with Crippen LogP contribution in [-0.4, -0.2) is 9.55 Å². The molecule has 0 fully saturated rings. The summed E-state index contributed by atoms with van der Waals surface area (Å²) in [6.45, 7) is 0. The van der Waals surface area contributed by atoms with Crippen molar-refractivity contribution in [3.8, 4) is 6.07 Å². The molecule has 40 valence electrons. The van der Waals surface area contributed by atoms with E-state index in [2.05, 4.69) is 11.2 Å². The summed E-state index contributed by atoms with van der Waals surface area (Å²) in [5.74, 6) is 0. The summed E-state index contributed by atoms with van der Waals surface area (Å²) < 4.78 is 1.61. The average Bonchev–Trinajstić information content (AvgIpc) is 2.14. The molecule has 0 aliphatic carbocycles. The maximum Gasteiger partial charge on any atom is 1.00 e. The van der Waals surface area contributed by atoms with Crippen molar-refractivity contribution < 1.29 is 51.4 Å². The zero-order chi connectivity index (χ0) is 5.98. The molecule has 1 aromatic rings. The zero-order valence-corrected chi connectivity index (χ0v) is 8.54. The minimum absolute atomic E-state index is 0. The Hall–Kier alpha value is 0.336. The van der Waals surface area contributed by atoms with Crippen molar-refractivity contribution in [1.82, 2.24) is 9.55 Å². The molecule has 0 bridgehead atoms. The Balaban J connectivity index is 0.000000640. The van der Waals surface area contributed by atoms with Gasteiger partial charge in [0.1, 0.15) is 0 Å². The zero-order valence-electron chi connectivity index (χ0n) is 5.42. The van der Waals surface area contributed by atoms with Crippen LogP contribution in [0.1, 0.15) is 5.69 Å². The monoisotopic (exact) mass is 145 g/mol. The Kier molecular flexibility index (Phi) is 4.36. The molecule has 1 heterocycles. The van der Waals surface area contributed by atoms with Crippen LogP contribution in [0.15, 0.2) is 6.33 Å². The number of imidazole rings is 1. The second-order valence-electron chi connectivity index (χ2n) is 1.43. The van der Waals surface area contributed by atoms with E-state index in [1.54, 1.807) is 17.9 Å². The first-order valence-electron chi connectivity index (χ1n) is 2.13. The van der Waals surface area contributed by atoms with E-state index in [9.17, 15) is 0 Å². The second kappa shape index (κ2) is 4.20. The van der Waals surface area contributed by atoms with E-state index in [1.165, 1.54) is 0 Å². The molecule has 0 atom stereocenters. The first-order chi connectivity index (χ1) is 3.84. The minimum atomic E-state index is 0. The molecule has 0 unspecified atom stereocenters. The number of hydrogen-bond acceptors (Lipinski definition) is 2. The van der Waals surface area contributed by atoms with Crippen LogP contribution < -0.4 is 51.4 Å². The van der Waals surface area contributed by atoms with Gasteiger partial charge in [-0.3, -0.25) is 5.26 Å². The van der Waals surface area contributed by atoms with Crippen LogP contribution in [0.3, 0.4) is 0 Å². The third-order valence-electron chi connectivity index (χ3n) is 0.860. The molecule has 0 saturated heterocycles. The molecule has 4 heteroatoms. The van der Waals surface area contributed by atoms with Crippen LogP contribution in [-0.2, 0) is 7.05 Å². The van der Waals surface area contributed by atoms with E-state index in [-0.39, 0.29) is 51.4 Å². The quantitative estimate of drug-likeness (QED) is 0.290. The predicted molar refractivity (Wildman–Crippen MR) is 26.8 cm³/mol. The molecule has 0 saturated carbocycles. The fraction of sp³-hybridized carbons (Fsp3) is 0.200. The summed E-state index contributed by atoms with van der Waals surface area (Å²) in [4.78, 5) is 3.61. The van der Waals surface area contributed by atoms with Crippen molar-refractivity contribution in [3.05, 3.63) is 18.2 Å². The van der Waals surface area contributed by atoms with Gasteiger partial charge in [-0.15, -0.1) is 0 Å². The van der Waals surface area contributed by atoms with Crippen LogP contribution in [0.5, 0.6) is 0 Å². The van der Waals surface area contributed by atoms with E-state index in [4.69, 9.17) is 5.26 Å². The fourth-order valence-corrected chi connectivity index (χ4v) is 0.417. The summed E-state index contributed by atoms with van der Waals surface area (Å²) in [6, 6.07) is 1.92. The second-order valence-corrected chi connectivity index (χ2v) is 1.43. The van der Waals surface area contributed by atoms with Gasteiger partial charge in [0.05, 0.1) is 0 Å². The van der Waals surface area contributed by atoms with Gasteiger partial charge in [-0.05, 0) is 31.3 Å². The molecular formula is C5H4KN3. The van der Waals surface area contributed by atoms with Crippen LogP contribution in [0, 0.1) is 17.5 Å². The molecule has 1 rings (SSSR count). The molecular weight excluding hydrogens is 141 g/mol. The maximum atomic E-state index is 8.27. The van der Waals surface area contributed by atoms with Gasteiger partial charge < -0.3 is 9.55 Å². The van der Waals surface area contributed by atoms with Crippen LogP contribution in [0.2, 0.25) is 0 Å². The van der Waals surface area contributed by atoms with Crippen LogP contribution >= 0.6 is 0 Å². The van der Waals surface area contributed by atoms with Crippen molar-refractivity contribution in [3.63, 3.8) is 0 Å². The summed E-state index contributed by atoms with van der Waals surface area (Å²) in [5.41, 5.74) is 0.463. The van der Waals surface area contributed by atoms with Crippen molar-refractivity contribution >= 4 is 0 Å². The van der Waals surface area contributed by atoms with Gasteiger partial charge in [0.25, 0.3) is 0 Å². The Morgan fingerprint density at radius 1 is 1.89 bits per heavy atom. The molecule has 0 radical (unpaired) electrons. The van der Waals surface area contributed by atoms with E-state index < -0.39 is 0 Å². The number of nitriles is 1. The van der Waals surface area contributed by atoms with Gasteiger partial charge in [-0.2, -0.15) is 0 Å².